The molecular weight excluding hydrogens is 777 g/mol. The molecule has 1 aromatic carbocycles. The van der Waals surface area contributed by atoms with Crippen LogP contribution >= 0.6 is 11.6 Å². The van der Waals surface area contributed by atoms with Gasteiger partial charge in [-0.25, -0.2) is 4.79 Å². The van der Waals surface area contributed by atoms with Crippen LogP contribution in [0, 0.1) is 56.7 Å². The summed E-state index contributed by atoms with van der Waals surface area (Å²) >= 11 is 6.41. The molecule has 9 aliphatic carbocycles. The highest BCUT2D eigenvalue weighted by Gasteiger charge is 2.75. The highest BCUT2D eigenvalue weighted by molar-refractivity contribution is 6.33. The third kappa shape index (κ3) is 5.87. The van der Waals surface area contributed by atoms with Crippen molar-refractivity contribution >= 4 is 23.4 Å². The number of carbonyl (C=O) groups excluding carboxylic acids is 2. The van der Waals surface area contributed by atoms with E-state index < -0.39 is 39.7 Å². The fraction of sp³-hybridized carbons (Fsp3) is 0.667. The molecule has 59 heavy (non-hydrogen) atoms. The van der Waals surface area contributed by atoms with Gasteiger partial charge in [-0.05, 0) is 149 Å². The van der Waals surface area contributed by atoms with Crippen LogP contribution in [0.3, 0.4) is 0 Å². The topological polar surface area (TPSA) is 103 Å². The smallest absolute Gasteiger partial charge is 0.416 e. The average Bonchev–Trinajstić information content (AvgIpc) is 3.76. The third-order valence-electron chi connectivity index (χ3n) is 18.0. The van der Waals surface area contributed by atoms with E-state index in [1.165, 1.54) is 31.0 Å². The van der Waals surface area contributed by atoms with Crippen LogP contribution in [0.2, 0.25) is 5.02 Å². The number of fused-ring (bicyclic) bond motifs is 3. The van der Waals surface area contributed by atoms with Gasteiger partial charge in [0.15, 0.2) is 5.76 Å². The number of ketones is 1. The van der Waals surface area contributed by atoms with E-state index >= 15 is 4.79 Å². The Hall–Kier alpha value is -3.08. The minimum Gasteiger partial charge on any atom is -0.453 e. The molecule has 11 unspecified atom stereocenters. The first-order valence-corrected chi connectivity index (χ1v) is 22.4. The van der Waals surface area contributed by atoms with Crippen molar-refractivity contribution in [3.63, 3.8) is 0 Å². The second-order valence-electron chi connectivity index (χ2n) is 21.2. The van der Waals surface area contributed by atoms with Gasteiger partial charge < -0.3 is 24.8 Å². The summed E-state index contributed by atoms with van der Waals surface area (Å²) in [6.07, 6.45) is 9.42. The van der Waals surface area contributed by atoms with Gasteiger partial charge in [0.25, 0.3) is 0 Å². The number of alkyl halides is 3. The van der Waals surface area contributed by atoms with Crippen molar-refractivity contribution in [3.05, 3.63) is 70.5 Å². The molecule has 320 valence electrons. The van der Waals surface area contributed by atoms with E-state index in [1.54, 1.807) is 0 Å². The van der Waals surface area contributed by atoms with Crippen LogP contribution in [0.15, 0.2) is 58.6 Å². The number of furan rings is 1. The summed E-state index contributed by atoms with van der Waals surface area (Å²) < 4.78 is 47.4. The largest absolute Gasteiger partial charge is 0.453 e. The van der Waals surface area contributed by atoms with Crippen molar-refractivity contribution in [3.8, 4) is 11.3 Å². The molecule has 2 aromatic rings. The lowest BCUT2D eigenvalue weighted by atomic mass is 9.32. The number of carbonyl (C=O) groups is 2. The molecule has 7 nitrogen and oxygen atoms in total. The fourth-order valence-electron chi connectivity index (χ4n) is 14.6. The van der Waals surface area contributed by atoms with Crippen LogP contribution in [-0.2, 0) is 6.18 Å². The maximum atomic E-state index is 15.2. The fourth-order valence-corrected chi connectivity index (χ4v) is 14.8. The number of hydrogen-bond acceptors (Lipinski definition) is 5. The Balaban J connectivity index is 1.09. The maximum absolute atomic E-state index is 15.2. The summed E-state index contributed by atoms with van der Waals surface area (Å²) in [5.74, 6) is 1.24. The minimum atomic E-state index is -4.59. The highest BCUT2D eigenvalue weighted by atomic mass is 35.5. The predicted molar refractivity (Wildman–Crippen MR) is 220 cm³/mol. The van der Waals surface area contributed by atoms with Gasteiger partial charge in [0, 0.05) is 40.0 Å². The van der Waals surface area contributed by atoms with Gasteiger partial charge in [0.05, 0.1) is 28.8 Å². The summed E-state index contributed by atoms with van der Waals surface area (Å²) in [6.45, 7) is 13.9. The summed E-state index contributed by atoms with van der Waals surface area (Å²) in [6, 6.07) is 5.86. The Labute approximate surface area is 351 Å². The molecule has 11 rings (SSSR count). The van der Waals surface area contributed by atoms with Crippen molar-refractivity contribution in [1.29, 1.82) is 0 Å². The van der Waals surface area contributed by atoms with Crippen molar-refractivity contribution in [1.82, 2.24) is 10.2 Å². The van der Waals surface area contributed by atoms with Crippen LogP contribution in [0.5, 0.6) is 0 Å². The number of amides is 2. The van der Waals surface area contributed by atoms with E-state index in [0.29, 0.717) is 49.6 Å². The number of hydrogen-bond donors (Lipinski definition) is 3. The van der Waals surface area contributed by atoms with Gasteiger partial charge in [0.1, 0.15) is 5.76 Å². The molecule has 1 aromatic heterocycles. The Bertz CT molecular complexity index is 2130. The molecule has 6 saturated carbocycles. The second-order valence-corrected chi connectivity index (χ2v) is 21.6. The minimum absolute atomic E-state index is 0.00831. The summed E-state index contributed by atoms with van der Waals surface area (Å²) in [5.41, 5.74) is -3.52. The van der Waals surface area contributed by atoms with Crippen LogP contribution in [0.4, 0.5) is 18.0 Å². The van der Waals surface area contributed by atoms with E-state index in [2.05, 4.69) is 51.2 Å². The first-order chi connectivity index (χ1) is 27.6. The molecule has 0 saturated heterocycles. The highest BCUT2D eigenvalue weighted by Crippen LogP contribution is 2.78. The molecule has 11 atom stereocenters. The molecule has 2 amide bonds. The van der Waals surface area contributed by atoms with E-state index in [4.69, 9.17) is 16.0 Å². The number of urea groups is 1. The van der Waals surface area contributed by atoms with Crippen molar-refractivity contribution < 1.29 is 37.4 Å². The SMILES string of the molecule is CC(C)NC(=O)N(CC1CCC2CC1C2(C)C)CC1(O)CCC2C34C=CC5(C=C3C(=O)c3ccc(-c6cc(C(F)(F)F)ccc6Cl)o3)CC(O)CCC5(C)C4CCC21C. The summed E-state index contributed by atoms with van der Waals surface area (Å²) in [7, 11) is 0. The monoisotopic (exact) mass is 836 g/mol. The van der Waals surface area contributed by atoms with Crippen molar-refractivity contribution in [2.45, 2.75) is 130 Å². The quantitative estimate of drug-likeness (QED) is 0.182. The molecule has 1 heterocycles. The molecule has 11 heteroatoms. The standard InChI is InChI=1S/C48H60ClF3N2O5/c1-27(2)53-41(57)54(25-28-7-8-29-22-33(28)42(29,3)4)26-46(58)18-15-39-44(46,6)17-14-38-43(5)16-13-31(55)23-45(43)19-20-47(38,39)34(24-45)40(56)37-12-11-36(59-37)32-21-30(48(50,51)52)9-10-35(32)49/h9-12,19-21,24,27-29,31,33,38-39,55,58H,7-8,13-18,22-23,25-26H2,1-6H3,(H,53,57). The normalized spacial score (nSPS) is 40.1. The number of nitrogens with one attached hydrogen (secondary N) is 1. The molecular formula is C48H60ClF3N2O5. The lowest BCUT2D eigenvalue weighted by Crippen LogP contribution is -2.67. The lowest BCUT2D eigenvalue weighted by Gasteiger charge is -2.71. The number of aliphatic hydroxyl groups is 2. The van der Waals surface area contributed by atoms with E-state index in [9.17, 15) is 28.2 Å². The predicted octanol–water partition coefficient (Wildman–Crippen LogP) is 10.9. The zero-order valence-electron chi connectivity index (χ0n) is 35.2. The number of nitrogens with zero attached hydrogens (tertiary/aromatic N) is 1. The molecule has 9 aliphatic rings. The van der Waals surface area contributed by atoms with Gasteiger partial charge >= 0.3 is 12.2 Å². The summed E-state index contributed by atoms with van der Waals surface area (Å²) in [5, 5.41) is 27.6. The lowest BCUT2D eigenvalue weighted by molar-refractivity contribution is -0.176. The van der Waals surface area contributed by atoms with Crippen LogP contribution in [-0.4, -0.2) is 57.8 Å². The van der Waals surface area contributed by atoms with E-state index in [-0.39, 0.29) is 69.2 Å². The first-order valence-electron chi connectivity index (χ1n) is 22.0. The molecule has 2 spiro atoms. The second kappa shape index (κ2) is 13.5. The average molecular weight is 837 g/mol. The van der Waals surface area contributed by atoms with E-state index in [0.717, 1.165) is 43.7 Å². The number of rotatable bonds is 8. The van der Waals surface area contributed by atoms with Crippen LogP contribution in [0.25, 0.3) is 11.3 Å². The van der Waals surface area contributed by atoms with Crippen molar-refractivity contribution in [2.75, 3.05) is 13.1 Å². The van der Waals surface area contributed by atoms with Crippen LogP contribution < -0.4 is 5.32 Å². The molecule has 4 bridgehead atoms. The Morgan fingerprint density at radius 3 is 2.37 bits per heavy atom. The van der Waals surface area contributed by atoms with Gasteiger partial charge in [-0.1, -0.05) is 57.5 Å². The van der Waals surface area contributed by atoms with Gasteiger partial charge in [-0.3, -0.25) is 4.79 Å². The third-order valence-corrected chi connectivity index (χ3v) is 18.3. The zero-order valence-corrected chi connectivity index (χ0v) is 36.0. The number of allylic oxidation sites excluding steroid dienone is 4. The van der Waals surface area contributed by atoms with Gasteiger partial charge in [-0.15, -0.1) is 0 Å². The Morgan fingerprint density at radius 1 is 0.966 bits per heavy atom. The first kappa shape index (κ1) is 41.3. The van der Waals surface area contributed by atoms with Crippen LogP contribution in [0.1, 0.15) is 122 Å². The molecule has 6 fully saturated rings. The number of Topliss-reactive ketones (excluding diaryl/α,β-unsaturated/α-hetero) is 1. The Kier molecular flexibility index (Phi) is 9.42. The van der Waals surface area contributed by atoms with Gasteiger partial charge in [-0.2, -0.15) is 13.2 Å². The molecule has 3 N–H and O–H groups in total. The van der Waals surface area contributed by atoms with E-state index in [1.807, 2.05) is 18.7 Å². The zero-order chi connectivity index (χ0) is 42.3. The Morgan fingerprint density at radius 2 is 1.68 bits per heavy atom. The molecule has 0 radical (unpaired) electrons. The number of aliphatic hydroxyl groups excluding tert-OH is 1. The maximum Gasteiger partial charge on any atom is 0.416 e. The molecule has 0 aliphatic heterocycles. The number of halogens is 4. The van der Waals surface area contributed by atoms with Gasteiger partial charge in [0.2, 0.25) is 5.78 Å². The summed E-state index contributed by atoms with van der Waals surface area (Å²) in [4.78, 5) is 31.2. The van der Waals surface area contributed by atoms with Crippen molar-refractivity contribution in [2.24, 2.45) is 56.7 Å². The number of benzene rings is 1.